The zero-order chi connectivity index (χ0) is 14.0. The van der Waals surface area contributed by atoms with Gasteiger partial charge in [0.1, 0.15) is 17.2 Å². The van der Waals surface area contributed by atoms with Gasteiger partial charge in [0.15, 0.2) is 0 Å². The van der Waals surface area contributed by atoms with Crippen LogP contribution in [0, 0.1) is 18.8 Å². The highest BCUT2D eigenvalue weighted by Crippen LogP contribution is 2.29. The fourth-order valence-corrected chi connectivity index (χ4v) is 2.48. The number of ether oxygens (including phenoxy) is 1. The Bertz CT molecular complexity index is 474. The Morgan fingerprint density at radius 2 is 2.26 bits per heavy atom. The van der Waals surface area contributed by atoms with Gasteiger partial charge in [-0.1, -0.05) is 13.8 Å². The van der Waals surface area contributed by atoms with Crippen molar-refractivity contribution in [3.05, 3.63) is 17.6 Å². The van der Waals surface area contributed by atoms with Crippen molar-refractivity contribution >= 4 is 11.8 Å². The first-order chi connectivity index (χ1) is 9.02. The Morgan fingerprint density at radius 1 is 1.53 bits per heavy atom. The standard InChI is InChI=1S/C14H21N3O2/c1-9(2)11-5-6-17(8-11)13-12(14(18)19-4)7-15-10(3)16-13/h7,9,11H,5-6,8H2,1-4H3. The van der Waals surface area contributed by atoms with E-state index in [0.29, 0.717) is 29.0 Å². The maximum absolute atomic E-state index is 11.8. The first-order valence-corrected chi connectivity index (χ1v) is 6.69. The molecular formula is C14H21N3O2. The predicted molar refractivity (Wildman–Crippen MR) is 73.3 cm³/mol. The van der Waals surface area contributed by atoms with Crippen molar-refractivity contribution in [1.29, 1.82) is 0 Å². The summed E-state index contributed by atoms with van der Waals surface area (Å²) in [7, 11) is 1.38. The third kappa shape index (κ3) is 2.85. The number of rotatable bonds is 3. The Balaban J connectivity index is 2.29. The van der Waals surface area contributed by atoms with E-state index >= 15 is 0 Å². The Morgan fingerprint density at radius 3 is 2.84 bits per heavy atom. The number of hydrogen-bond donors (Lipinski definition) is 0. The smallest absolute Gasteiger partial charge is 0.343 e. The fourth-order valence-electron chi connectivity index (χ4n) is 2.48. The number of carbonyl (C=O) groups excluding carboxylic acids is 1. The number of aromatic nitrogens is 2. The summed E-state index contributed by atoms with van der Waals surface area (Å²) in [4.78, 5) is 22.5. The van der Waals surface area contributed by atoms with E-state index in [9.17, 15) is 4.79 Å². The summed E-state index contributed by atoms with van der Waals surface area (Å²) in [5, 5.41) is 0. The first kappa shape index (κ1) is 13.8. The molecule has 0 aromatic carbocycles. The van der Waals surface area contributed by atoms with E-state index < -0.39 is 0 Å². The Hall–Kier alpha value is -1.65. The minimum Gasteiger partial charge on any atom is -0.465 e. The highest BCUT2D eigenvalue weighted by atomic mass is 16.5. The van der Waals surface area contributed by atoms with Crippen LogP contribution in [0.15, 0.2) is 6.20 Å². The molecule has 104 valence electrons. The number of anilines is 1. The SMILES string of the molecule is COC(=O)c1cnc(C)nc1N1CCC(C(C)C)C1. The van der Waals surface area contributed by atoms with Crippen molar-refractivity contribution in [2.24, 2.45) is 11.8 Å². The van der Waals surface area contributed by atoms with Crippen LogP contribution in [-0.4, -0.2) is 36.1 Å². The average Bonchev–Trinajstić information content (AvgIpc) is 2.87. The summed E-state index contributed by atoms with van der Waals surface area (Å²) in [5.74, 6) is 2.32. The molecule has 0 N–H and O–H groups in total. The molecular weight excluding hydrogens is 242 g/mol. The quantitative estimate of drug-likeness (QED) is 0.781. The summed E-state index contributed by atoms with van der Waals surface area (Å²) in [5.41, 5.74) is 0.456. The van der Waals surface area contributed by atoms with Crippen LogP contribution in [0.25, 0.3) is 0 Å². The van der Waals surface area contributed by atoms with E-state index in [-0.39, 0.29) is 5.97 Å². The van der Waals surface area contributed by atoms with Crippen molar-refractivity contribution in [2.45, 2.75) is 27.2 Å². The monoisotopic (exact) mass is 263 g/mol. The molecule has 5 heteroatoms. The van der Waals surface area contributed by atoms with E-state index in [1.54, 1.807) is 6.20 Å². The van der Waals surface area contributed by atoms with Crippen molar-refractivity contribution in [2.75, 3.05) is 25.1 Å². The predicted octanol–water partition coefficient (Wildman–Crippen LogP) is 2.05. The van der Waals surface area contributed by atoms with Gasteiger partial charge in [0, 0.05) is 19.3 Å². The van der Waals surface area contributed by atoms with Gasteiger partial charge in [0.25, 0.3) is 0 Å². The maximum atomic E-state index is 11.8. The third-order valence-corrected chi connectivity index (χ3v) is 3.76. The van der Waals surface area contributed by atoms with E-state index in [1.165, 1.54) is 7.11 Å². The molecule has 1 fully saturated rings. The summed E-state index contributed by atoms with van der Waals surface area (Å²) >= 11 is 0. The maximum Gasteiger partial charge on any atom is 0.343 e. The fraction of sp³-hybridized carbons (Fsp3) is 0.643. The molecule has 1 saturated heterocycles. The summed E-state index contributed by atoms with van der Waals surface area (Å²) < 4.78 is 4.81. The van der Waals surface area contributed by atoms with Crippen LogP contribution in [0.3, 0.4) is 0 Å². The number of methoxy groups -OCH3 is 1. The second kappa shape index (κ2) is 5.55. The van der Waals surface area contributed by atoms with Crippen molar-refractivity contribution < 1.29 is 9.53 Å². The molecule has 1 unspecified atom stereocenters. The van der Waals surface area contributed by atoms with Gasteiger partial charge in [-0.2, -0.15) is 0 Å². The molecule has 0 bridgehead atoms. The third-order valence-electron chi connectivity index (χ3n) is 3.76. The van der Waals surface area contributed by atoms with Gasteiger partial charge in [-0.05, 0) is 25.2 Å². The van der Waals surface area contributed by atoms with Crippen LogP contribution in [-0.2, 0) is 4.74 Å². The molecule has 0 radical (unpaired) electrons. The zero-order valence-corrected chi connectivity index (χ0v) is 12.0. The van der Waals surface area contributed by atoms with Gasteiger partial charge in [-0.15, -0.1) is 0 Å². The second-order valence-corrected chi connectivity index (χ2v) is 5.38. The molecule has 5 nitrogen and oxygen atoms in total. The topological polar surface area (TPSA) is 55.3 Å². The normalized spacial score (nSPS) is 19.0. The van der Waals surface area contributed by atoms with E-state index in [2.05, 4.69) is 28.7 Å². The number of esters is 1. The lowest BCUT2D eigenvalue weighted by Crippen LogP contribution is -2.25. The minimum atomic E-state index is -0.372. The van der Waals surface area contributed by atoms with Gasteiger partial charge in [-0.3, -0.25) is 0 Å². The molecule has 1 atom stereocenters. The number of hydrogen-bond acceptors (Lipinski definition) is 5. The first-order valence-electron chi connectivity index (χ1n) is 6.69. The molecule has 1 aliphatic heterocycles. The molecule has 0 aliphatic carbocycles. The summed E-state index contributed by atoms with van der Waals surface area (Å²) in [6.07, 6.45) is 2.70. The average molecular weight is 263 g/mol. The van der Waals surface area contributed by atoms with Crippen LogP contribution in [0.5, 0.6) is 0 Å². The molecule has 1 aromatic rings. The molecule has 19 heavy (non-hydrogen) atoms. The number of aryl methyl sites for hydroxylation is 1. The Labute approximate surface area is 114 Å². The molecule has 0 saturated carbocycles. The van der Waals surface area contributed by atoms with Gasteiger partial charge >= 0.3 is 5.97 Å². The molecule has 1 aromatic heterocycles. The van der Waals surface area contributed by atoms with Crippen molar-refractivity contribution in [3.8, 4) is 0 Å². The van der Waals surface area contributed by atoms with E-state index in [1.807, 2.05) is 6.92 Å². The number of nitrogens with zero attached hydrogens (tertiary/aromatic N) is 3. The van der Waals surface area contributed by atoms with Gasteiger partial charge < -0.3 is 9.64 Å². The van der Waals surface area contributed by atoms with Gasteiger partial charge in [0.2, 0.25) is 0 Å². The summed E-state index contributed by atoms with van der Waals surface area (Å²) in [6.45, 7) is 8.18. The molecule has 1 aliphatic rings. The highest BCUT2D eigenvalue weighted by molar-refractivity contribution is 5.94. The largest absolute Gasteiger partial charge is 0.465 e. The second-order valence-electron chi connectivity index (χ2n) is 5.38. The van der Waals surface area contributed by atoms with Crippen LogP contribution in [0.2, 0.25) is 0 Å². The van der Waals surface area contributed by atoms with Crippen LogP contribution >= 0.6 is 0 Å². The Kier molecular flexibility index (Phi) is 4.02. The lowest BCUT2D eigenvalue weighted by Gasteiger charge is -2.21. The lowest BCUT2D eigenvalue weighted by atomic mass is 9.95. The minimum absolute atomic E-state index is 0.372. The van der Waals surface area contributed by atoms with Gasteiger partial charge in [-0.25, -0.2) is 14.8 Å². The van der Waals surface area contributed by atoms with Crippen molar-refractivity contribution in [3.63, 3.8) is 0 Å². The van der Waals surface area contributed by atoms with Crippen LogP contribution in [0.1, 0.15) is 36.5 Å². The number of carbonyl (C=O) groups is 1. The molecule has 2 heterocycles. The molecule has 0 amide bonds. The van der Waals surface area contributed by atoms with E-state index in [4.69, 9.17) is 4.74 Å². The zero-order valence-electron chi connectivity index (χ0n) is 12.0. The lowest BCUT2D eigenvalue weighted by molar-refractivity contribution is 0.0600. The summed E-state index contributed by atoms with van der Waals surface area (Å²) in [6, 6.07) is 0. The highest BCUT2D eigenvalue weighted by Gasteiger charge is 2.29. The molecule has 2 rings (SSSR count). The van der Waals surface area contributed by atoms with Crippen molar-refractivity contribution in [1.82, 2.24) is 9.97 Å². The van der Waals surface area contributed by atoms with Gasteiger partial charge in [0.05, 0.1) is 7.11 Å². The van der Waals surface area contributed by atoms with Crippen LogP contribution in [0.4, 0.5) is 5.82 Å². The van der Waals surface area contributed by atoms with Crippen LogP contribution < -0.4 is 4.90 Å². The van der Waals surface area contributed by atoms with E-state index in [0.717, 1.165) is 19.5 Å². The molecule has 0 spiro atoms.